The highest BCUT2D eigenvalue weighted by Crippen LogP contribution is 2.27. The molecule has 0 aliphatic rings. The van der Waals surface area contributed by atoms with Crippen LogP contribution in [0, 0.1) is 13.8 Å². The van der Waals surface area contributed by atoms with Crippen molar-refractivity contribution in [1.82, 2.24) is 0 Å². The minimum Gasteiger partial charge on any atom is -0.457 e. The molecule has 0 aliphatic heterocycles. The molecule has 49 heavy (non-hydrogen) atoms. The molecule has 0 amide bonds. The highest BCUT2D eigenvalue weighted by molar-refractivity contribution is 7.91. The summed E-state index contributed by atoms with van der Waals surface area (Å²) in [5.74, 6) is -1.65. The van der Waals surface area contributed by atoms with Gasteiger partial charge in [-0.1, -0.05) is 13.2 Å². The molecule has 0 saturated carbocycles. The first-order valence-electron chi connectivity index (χ1n) is 14.4. The lowest BCUT2D eigenvalue weighted by Gasteiger charge is -2.11. The van der Waals surface area contributed by atoms with E-state index in [1.165, 1.54) is 72.8 Å². The molecule has 4 rings (SSSR count). The van der Waals surface area contributed by atoms with Crippen LogP contribution < -0.4 is 18.9 Å². The zero-order valence-corrected chi connectivity index (χ0v) is 27.2. The summed E-state index contributed by atoms with van der Waals surface area (Å²) in [5.41, 5.74) is 1.57. The van der Waals surface area contributed by atoms with Gasteiger partial charge in [-0.15, -0.1) is 0 Å². The average Bonchev–Trinajstić information content (AvgIpc) is 3.08. The van der Waals surface area contributed by atoms with Gasteiger partial charge in [0, 0.05) is 12.2 Å². The van der Waals surface area contributed by atoms with E-state index < -0.39 is 33.7 Å². The Bertz CT molecular complexity index is 1860. The van der Waals surface area contributed by atoms with Gasteiger partial charge in [-0.3, -0.25) is 0 Å². The Hall–Kier alpha value is -6.21. The zero-order chi connectivity index (χ0) is 35.6. The number of sulfone groups is 1. The number of aryl methyl sites for hydroxylation is 2. The predicted molar refractivity (Wildman–Crippen MR) is 174 cm³/mol. The van der Waals surface area contributed by atoms with Crippen molar-refractivity contribution in [1.29, 1.82) is 0 Å². The molecule has 0 radical (unpaired) electrons. The molecule has 0 aromatic heterocycles. The molecule has 252 valence electrons. The van der Waals surface area contributed by atoms with E-state index in [0.717, 1.165) is 12.2 Å². The van der Waals surface area contributed by atoms with Crippen molar-refractivity contribution in [3.63, 3.8) is 0 Å². The minimum atomic E-state index is -3.97. The number of rotatable bonds is 14. The first kappa shape index (κ1) is 35.6. The van der Waals surface area contributed by atoms with Gasteiger partial charge < -0.3 is 28.4 Å². The fraction of sp³-hybridized carbons (Fsp3) is 0.111. The SMILES string of the molecule is C=CC(=O)OCOc1ccc(C(=O)Oc2ccc(S(=O)(=O)c3ccc(OC(=O)c4ccc(OCOC(=O)C=C)cc4C)cc3)cc2)c(C)c1. The van der Waals surface area contributed by atoms with Crippen LogP contribution in [-0.4, -0.2) is 45.9 Å². The van der Waals surface area contributed by atoms with Gasteiger partial charge in [-0.2, -0.15) is 0 Å². The molecule has 0 spiro atoms. The van der Waals surface area contributed by atoms with E-state index in [1.54, 1.807) is 26.0 Å². The summed E-state index contributed by atoms with van der Waals surface area (Å²) in [6, 6.07) is 19.8. The molecule has 0 heterocycles. The van der Waals surface area contributed by atoms with Gasteiger partial charge in [-0.25, -0.2) is 27.6 Å². The van der Waals surface area contributed by atoms with Crippen molar-refractivity contribution in [2.24, 2.45) is 0 Å². The van der Waals surface area contributed by atoms with E-state index in [1.807, 2.05) is 0 Å². The topological polar surface area (TPSA) is 158 Å². The molecule has 0 atom stereocenters. The minimum absolute atomic E-state index is 0.0518. The van der Waals surface area contributed by atoms with Gasteiger partial charge in [0.25, 0.3) is 0 Å². The number of esters is 4. The molecule has 12 nitrogen and oxygen atoms in total. The van der Waals surface area contributed by atoms with E-state index >= 15 is 0 Å². The van der Waals surface area contributed by atoms with Crippen molar-refractivity contribution >= 4 is 33.7 Å². The van der Waals surface area contributed by atoms with Crippen LogP contribution in [0.3, 0.4) is 0 Å². The monoisotopic (exact) mass is 686 g/mol. The van der Waals surface area contributed by atoms with Gasteiger partial charge in [0.2, 0.25) is 23.4 Å². The van der Waals surface area contributed by atoms with Gasteiger partial charge in [0.15, 0.2) is 0 Å². The third-order valence-corrected chi connectivity index (χ3v) is 8.50. The van der Waals surface area contributed by atoms with Crippen LogP contribution >= 0.6 is 0 Å². The van der Waals surface area contributed by atoms with Crippen LogP contribution in [0.25, 0.3) is 0 Å². The number of carbonyl (C=O) groups is 4. The van der Waals surface area contributed by atoms with Gasteiger partial charge in [0.05, 0.1) is 20.9 Å². The Kier molecular flexibility index (Phi) is 11.7. The highest BCUT2D eigenvalue weighted by Gasteiger charge is 2.20. The Morgan fingerprint density at radius 2 is 0.918 bits per heavy atom. The van der Waals surface area contributed by atoms with Crippen LogP contribution in [0.15, 0.2) is 120 Å². The lowest BCUT2D eigenvalue weighted by atomic mass is 10.1. The molecule has 0 N–H and O–H groups in total. The Balaban J connectivity index is 1.35. The largest absolute Gasteiger partial charge is 0.457 e. The summed E-state index contributed by atoms with van der Waals surface area (Å²) in [7, 11) is -3.97. The molecule has 0 unspecified atom stereocenters. The van der Waals surface area contributed by atoms with Crippen molar-refractivity contribution in [2.75, 3.05) is 13.6 Å². The standard InChI is InChI=1S/C36H30O12S/c1-5-33(37)45-21-43-27-11-17-31(23(3)19-27)35(39)47-25-7-13-29(14-8-25)49(41,42)30-15-9-26(10-16-30)48-36(40)32-18-12-28(20-24(32)4)44-22-46-34(38)6-2/h5-20H,1-2,21-22H2,3-4H3. The molecule has 0 bridgehead atoms. The summed E-state index contributed by atoms with van der Waals surface area (Å²) in [6.07, 6.45) is 2.01. The van der Waals surface area contributed by atoms with Crippen LogP contribution in [-0.2, 0) is 28.9 Å². The summed E-state index contributed by atoms with van der Waals surface area (Å²) in [4.78, 5) is 47.7. The summed E-state index contributed by atoms with van der Waals surface area (Å²) in [5, 5.41) is 0. The highest BCUT2D eigenvalue weighted by atomic mass is 32.2. The van der Waals surface area contributed by atoms with Gasteiger partial charge in [0.1, 0.15) is 23.0 Å². The number of ether oxygens (including phenoxy) is 6. The Morgan fingerprint density at radius 3 is 1.24 bits per heavy atom. The smallest absolute Gasteiger partial charge is 0.343 e. The van der Waals surface area contributed by atoms with Gasteiger partial charge >= 0.3 is 23.9 Å². The number of benzene rings is 4. The van der Waals surface area contributed by atoms with Crippen LogP contribution in [0.5, 0.6) is 23.0 Å². The fourth-order valence-corrected chi connectivity index (χ4v) is 5.43. The summed E-state index contributed by atoms with van der Waals surface area (Å²) in [6.45, 7) is 9.27. The molecule has 13 heteroatoms. The second kappa shape index (κ2) is 16.1. The summed E-state index contributed by atoms with van der Waals surface area (Å²) < 4.78 is 57.5. The predicted octanol–water partition coefficient (Wildman–Crippen LogP) is 5.71. The van der Waals surface area contributed by atoms with Crippen LogP contribution in [0.1, 0.15) is 31.8 Å². The number of hydrogen-bond donors (Lipinski definition) is 0. The molecule has 0 saturated heterocycles. The second-order valence-electron chi connectivity index (χ2n) is 10.0. The van der Waals surface area contributed by atoms with E-state index in [4.69, 9.17) is 28.4 Å². The maximum atomic E-state index is 13.3. The van der Waals surface area contributed by atoms with Crippen LogP contribution in [0.4, 0.5) is 0 Å². The zero-order valence-electron chi connectivity index (χ0n) is 26.4. The Labute approximate surface area is 282 Å². The maximum Gasteiger partial charge on any atom is 0.343 e. The lowest BCUT2D eigenvalue weighted by molar-refractivity contribution is -0.145. The third-order valence-electron chi connectivity index (χ3n) is 6.71. The quantitative estimate of drug-likeness (QED) is 0.0690. The van der Waals surface area contributed by atoms with E-state index in [2.05, 4.69) is 13.2 Å². The van der Waals surface area contributed by atoms with E-state index in [9.17, 15) is 27.6 Å². The van der Waals surface area contributed by atoms with E-state index in [0.29, 0.717) is 22.6 Å². The third kappa shape index (κ3) is 9.42. The molecule has 0 aliphatic carbocycles. The molecular formula is C36H30O12S. The Morgan fingerprint density at radius 1 is 0.571 bits per heavy atom. The van der Waals surface area contributed by atoms with Gasteiger partial charge in [-0.05, 0) is 110 Å². The van der Waals surface area contributed by atoms with Crippen molar-refractivity contribution in [2.45, 2.75) is 23.6 Å². The van der Waals surface area contributed by atoms with Crippen molar-refractivity contribution in [3.05, 3.63) is 132 Å². The molecule has 4 aromatic carbocycles. The second-order valence-corrected chi connectivity index (χ2v) is 12.0. The average molecular weight is 687 g/mol. The van der Waals surface area contributed by atoms with Crippen LogP contribution in [0.2, 0.25) is 0 Å². The molecular weight excluding hydrogens is 656 g/mol. The lowest BCUT2D eigenvalue weighted by Crippen LogP contribution is -2.12. The first-order valence-corrected chi connectivity index (χ1v) is 15.8. The number of carbonyl (C=O) groups excluding carboxylic acids is 4. The first-order chi connectivity index (χ1) is 23.4. The molecule has 4 aromatic rings. The fourth-order valence-electron chi connectivity index (χ4n) is 4.17. The number of hydrogen-bond acceptors (Lipinski definition) is 12. The van der Waals surface area contributed by atoms with Crippen molar-refractivity contribution < 1.29 is 56.0 Å². The normalized spacial score (nSPS) is 10.7. The van der Waals surface area contributed by atoms with Crippen molar-refractivity contribution in [3.8, 4) is 23.0 Å². The maximum absolute atomic E-state index is 13.3. The van der Waals surface area contributed by atoms with E-state index in [-0.39, 0.29) is 46.0 Å². The molecule has 0 fully saturated rings. The summed E-state index contributed by atoms with van der Waals surface area (Å²) >= 11 is 0.